The molecule has 3 saturated carbocycles. The highest BCUT2D eigenvalue weighted by Gasteiger charge is 2.62. The maximum absolute atomic E-state index is 10.4. The Hall–Kier alpha value is -0.383. The molecule has 0 bridgehead atoms. The molecule has 4 rings (SSSR count). The molecule has 0 amide bonds. The van der Waals surface area contributed by atoms with Crippen molar-refractivity contribution in [3.8, 4) is 0 Å². The van der Waals surface area contributed by atoms with Gasteiger partial charge in [-0.25, -0.2) is 0 Å². The van der Waals surface area contributed by atoms with Gasteiger partial charge in [-0.05, 0) is 104 Å². The molecule has 4 aliphatic rings. The molecule has 0 saturated heterocycles. The minimum absolute atomic E-state index is 0.230. The number of allylic oxidation sites excluding steroid dienone is 2. The SMILES string of the molecule is C=CC[C@@H]1CC2=C[C@@H](O)CC[C@]2(C)C2CC[C@@]3(C)C(CC[C@@H]3O[Si](C)(C)C(C)(C)C)C21. The van der Waals surface area contributed by atoms with Crippen LogP contribution in [0, 0.1) is 34.5 Å². The molecule has 0 aromatic rings. The second-order valence-electron chi connectivity index (χ2n) is 13.5. The summed E-state index contributed by atoms with van der Waals surface area (Å²) in [5, 5.41) is 10.6. The maximum Gasteiger partial charge on any atom is 0.192 e. The van der Waals surface area contributed by atoms with Crippen molar-refractivity contribution in [2.75, 3.05) is 0 Å². The zero-order valence-electron chi connectivity index (χ0n) is 21.3. The van der Waals surface area contributed by atoms with Crippen LogP contribution >= 0.6 is 0 Å². The summed E-state index contributed by atoms with van der Waals surface area (Å²) >= 11 is 0. The molecule has 0 heterocycles. The fourth-order valence-corrected chi connectivity index (χ4v) is 9.44. The lowest BCUT2D eigenvalue weighted by Gasteiger charge is -2.61. The Kier molecular flexibility index (Phi) is 6.01. The van der Waals surface area contributed by atoms with E-state index in [-0.39, 0.29) is 11.1 Å². The van der Waals surface area contributed by atoms with Gasteiger partial charge in [0.2, 0.25) is 0 Å². The second-order valence-corrected chi connectivity index (χ2v) is 18.2. The van der Waals surface area contributed by atoms with Gasteiger partial charge in [-0.3, -0.25) is 0 Å². The molecule has 3 unspecified atom stereocenters. The van der Waals surface area contributed by atoms with Gasteiger partial charge in [-0.15, -0.1) is 6.58 Å². The molecule has 0 aromatic carbocycles. The predicted molar refractivity (Wildman–Crippen MR) is 133 cm³/mol. The van der Waals surface area contributed by atoms with Crippen LogP contribution in [0.3, 0.4) is 0 Å². The monoisotopic (exact) mass is 444 g/mol. The second kappa shape index (κ2) is 7.84. The summed E-state index contributed by atoms with van der Waals surface area (Å²) in [6.45, 7) is 21.2. The van der Waals surface area contributed by atoms with E-state index in [2.05, 4.69) is 66.4 Å². The van der Waals surface area contributed by atoms with Crippen molar-refractivity contribution < 1.29 is 9.53 Å². The van der Waals surface area contributed by atoms with Gasteiger partial charge in [0.15, 0.2) is 8.32 Å². The van der Waals surface area contributed by atoms with Crippen molar-refractivity contribution in [3.05, 3.63) is 24.3 Å². The number of hydrogen-bond acceptors (Lipinski definition) is 2. The van der Waals surface area contributed by atoms with E-state index in [4.69, 9.17) is 4.43 Å². The molecule has 0 radical (unpaired) electrons. The van der Waals surface area contributed by atoms with E-state index >= 15 is 0 Å². The summed E-state index contributed by atoms with van der Waals surface area (Å²) in [7, 11) is -1.77. The standard InChI is InChI=1S/C28H48O2Si/c1-9-10-19-17-20-18-21(29)13-15-27(20,5)23-14-16-28(6)22(25(19)23)11-12-24(28)30-31(7,8)26(2,3)4/h9,18-19,21-25,29H,1,10-17H2,2-8H3/t19-,21+,22?,23?,24+,25?,27+,28+/m1/s1. The fourth-order valence-electron chi connectivity index (χ4n) is 7.99. The van der Waals surface area contributed by atoms with Crippen LogP contribution in [0.2, 0.25) is 18.1 Å². The maximum atomic E-state index is 10.4. The van der Waals surface area contributed by atoms with Crippen LogP contribution in [0.25, 0.3) is 0 Å². The highest BCUT2D eigenvalue weighted by Crippen LogP contribution is 2.67. The summed E-state index contributed by atoms with van der Waals surface area (Å²) in [5.74, 6) is 3.00. The molecule has 3 heteroatoms. The molecule has 0 aromatic heterocycles. The third-order valence-corrected chi connectivity index (χ3v) is 15.4. The normalized spacial score (nSPS) is 45.4. The van der Waals surface area contributed by atoms with Crippen LogP contribution in [-0.2, 0) is 4.43 Å². The van der Waals surface area contributed by atoms with Gasteiger partial charge >= 0.3 is 0 Å². The van der Waals surface area contributed by atoms with Crippen molar-refractivity contribution in [1.29, 1.82) is 0 Å². The lowest BCUT2D eigenvalue weighted by Crippen LogP contribution is -2.56. The van der Waals surface area contributed by atoms with E-state index < -0.39 is 8.32 Å². The highest BCUT2D eigenvalue weighted by molar-refractivity contribution is 6.74. The topological polar surface area (TPSA) is 29.5 Å². The Morgan fingerprint density at radius 1 is 1.13 bits per heavy atom. The Labute approximate surface area is 193 Å². The molecule has 31 heavy (non-hydrogen) atoms. The van der Waals surface area contributed by atoms with Crippen LogP contribution < -0.4 is 0 Å². The van der Waals surface area contributed by atoms with Gasteiger partial charge in [0.25, 0.3) is 0 Å². The molecule has 2 nitrogen and oxygen atoms in total. The summed E-state index contributed by atoms with van der Waals surface area (Å²) in [5.41, 5.74) is 2.18. The molecule has 1 N–H and O–H groups in total. The lowest BCUT2D eigenvalue weighted by atomic mass is 9.44. The van der Waals surface area contributed by atoms with Crippen LogP contribution in [0.4, 0.5) is 0 Å². The summed E-state index contributed by atoms with van der Waals surface area (Å²) in [4.78, 5) is 0. The molecule has 4 aliphatic carbocycles. The Bertz CT molecular complexity index is 734. The Morgan fingerprint density at radius 2 is 1.84 bits per heavy atom. The molecule has 3 fully saturated rings. The van der Waals surface area contributed by atoms with E-state index in [0.29, 0.717) is 22.9 Å². The number of fused-ring (bicyclic) bond motifs is 5. The third kappa shape index (κ3) is 3.75. The van der Waals surface area contributed by atoms with Crippen molar-refractivity contribution >= 4 is 8.32 Å². The minimum Gasteiger partial charge on any atom is -0.413 e. The van der Waals surface area contributed by atoms with Crippen LogP contribution in [0.15, 0.2) is 24.3 Å². The van der Waals surface area contributed by atoms with E-state index in [1.807, 2.05) is 0 Å². The molecule has 176 valence electrons. The quantitative estimate of drug-likeness (QED) is 0.359. The number of rotatable bonds is 4. The van der Waals surface area contributed by atoms with E-state index in [1.54, 1.807) is 5.57 Å². The van der Waals surface area contributed by atoms with Gasteiger partial charge in [-0.2, -0.15) is 0 Å². The van der Waals surface area contributed by atoms with Gasteiger partial charge in [-0.1, -0.05) is 52.3 Å². The Balaban J connectivity index is 1.65. The Morgan fingerprint density at radius 3 is 2.48 bits per heavy atom. The zero-order valence-corrected chi connectivity index (χ0v) is 22.3. The number of hydrogen-bond donors (Lipinski definition) is 1. The van der Waals surface area contributed by atoms with Crippen molar-refractivity contribution in [2.45, 2.75) is 116 Å². The first-order valence-electron chi connectivity index (χ1n) is 13.0. The first-order chi connectivity index (χ1) is 14.3. The van der Waals surface area contributed by atoms with Crippen LogP contribution in [0.1, 0.15) is 86.0 Å². The lowest BCUT2D eigenvalue weighted by molar-refractivity contribution is -0.0944. The van der Waals surface area contributed by atoms with Gasteiger partial charge in [0.1, 0.15) is 0 Å². The van der Waals surface area contributed by atoms with Gasteiger partial charge in [0.05, 0.1) is 12.2 Å². The minimum atomic E-state index is -1.77. The summed E-state index contributed by atoms with van der Waals surface area (Å²) < 4.78 is 7.13. The zero-order chi connectivity index (χ0) is 22.8. The number of aliphatic hydroxyl groups is 1. The fraction of sp³-hybridized carbons (Fsp3) is 0.857. The summed E-state index contributed by atoms with van der Waals surface area (Å²) in [6.07, 6.45) is 14.2. The molecule has 8 atom stereocenters. The molecular formula is C28H48O2Si. The third-order valence-electron chi connectivity index (χ3n) is 10.9. The van der Waals surface area contributed by atoms with E-state index in [0.717, 1.165) is 37.0 Å². The summed E-state index contributed by atoms with van der Waals surface area (Å²) in [6, 6.07) is 0. The smallest absolute Gasteiger partial charge is 0.192 e. The van der Waals surface area contributed by atoms with Crippen molar-refractivity contribution in [1.82, 2.24) is 0 Å². The molecular weight excluding hydrogens is 396 g/mol. The average Bonchev–Trinajstić information content (AvgIpc) is 2.98. The predicted octanol–water partition coefficient (Wildman–Crippen LogP) is 7.50. The van der Waals surface area contributed by atoms with Crippen molar-refractivity contribution in [2.24, 2.45) is 34.5 Å². The first-order valence-corrected chi connectivity index (χ1v) is 15.9. The van der Waals surface area contributed by atoms with E-state index in [1.165, 1.54) is 32.1 Å². The van der Waals surface area contributed by atoms with Gasteiger partial charge in [0, 0.05) is 0 Å². The van der Waals surface area contributed by atoms with E-state index in [9.17, 15) is 5.11 Å². The highest BCUT2D eigenvalue weighted by atomic mass is 28.4. The van der Waals surface area contributed by atoms with Crippen molar-refractivity contribution in [3.63, 3.8) is 0 Å². The average molecular weight is 445 g/mol. The van der Waals surface area contributed by atoms with Crippen LogP contribution in [0.5, 0.6) is 0 Å². The van der Waals surface area contributed by atoms with Crippen LogP contribution in [-0.4, -0.2) is 25.6 Å². The molecule has 0 spiro atoms. The molecule has 0 aliphatic heterocycles. The number of aliphatic hydroxyl groups excluding tert-OH is 1. The first kappa shape index (κ1) is 23.8. The van der Waals surface area contributed by atoms with Gasteiger partial charge < -0.3 is 9.53 Å². The largest absolute Gasteiger partial charge is 0.413 e.